The molecule has 0 fully saturated rings. The Morgan fingerprint density at radius 2 is 1.05 bits per heavy atom. The van der Waals surface area contributed by atoms with Gasteiger partial charge in [0.2, 0.25) is 0 Å². The zero-order chi connectivity index (χ0) is 29.2. The summed E-state index contributed by atoms with van der Waals surface area (Å²) < 4.78 is 11.1. The molecule has 0 amide bonds. The lowest BCUT2D eigenvalue weighted by molar-refractivity contribution is -0.154. The molecule has 0 saturated carbocycles. The van der Waals surface area contributed by atoms with E-state index in [9.17, 15) is 9.90 Å². The second-order valence-electron chi connectivity index (χ2n) is 11.2. The summed E-state index contributed by atoms with van der Waals surface area (Å²) in [7, 11) is 0. The van der Waals surface area contributed by atoms with E-state index >= 15 is 0 Å². The second kappa shape index (κ2) is 33.8. The van der Waals surface area contributed by atoms with Gasteiger partial charge in [0.25, 0.3) is 0 Å². The van der Waals surface area contributed by atoms with Gasteiger partial charge in [-0.05, 0) is 70.6 Å². The molecule has 0 aromatic carbocycles. The van der Waals surface area contributed by atoms with Crippen LogP contribution in [0.5, 0.6) is 0 Å². The van der Waals surface area contributed by atoms with E-state index in [-0.39, 0.29) is 19.2 Å². The van der Waals surface area contributed by atoms with E-state index in [1.54, 1.807) is 0 Å². The number of hydrogen-bond acceptors (Lipinski definition) is 4. The molecule has 0 aliphatic carbocycles. The quantitative estimate of drug-likeness (QED) is 0.0518. The van der Waals surface area contributed by atoms with Gasteiger partial charge in [-0.2, -0.15) is 0 Å². The lowest BCUT2D eigenvalue weighted by atomic mass is 10.1. The summed E-state index contributed by atoms with van der Waals surface area (Å²) in [5, 5.41) is 9.52. The second-order valence-corrected chi connectivity index (χ2v) is 11.2. The van der Waals surface area contributed by atoms with Gasteiger partial charge in [0, 0.05) is 13.0 Å². The highest BCUT2D eigenvalue weighted by Crippen LogP contribution is 2.11. The number of unbranched alkanes of at least 4 members (excludes halogenated alkanes) is 17. The number of allylic oxidation sites excluding steroid dienone is 6. The zero-order valence-corrected chi connectivity index (χ0v) is 26.6. The molecule has 4 nitrogen and oxygen atoms in total. The van der Waals surface area contributed by atoms with Crippen molar-refractivity contribution in [2.24, 2.45) is 0 Å². The summed E-state index contributed by atoms with van der Waals surface area (Å²) in [5.41, 5.74) is 0. The molecule has 0 aliphatic heterocycles. The fourth-order valence-corrected chi connectivity index (χ4v) is 4.59. The van der Waals surface area contributed by atoms with Crippen molar-refractivity contribution in [3.05, 3.63) is 36.5 Å². The molecule has 0 aromatic rings. The van der Waals surface area contributed by atoms with Crippen molar-refractivity contribution >= 4 is 5.97 Å². The number of aliphatic hydroxyl groups is 1. The minimum absolute atomic E-state index is 0.179. The van der Waals surface area contributed by atoms with Crippen LogP contribution < -0.4 is 0 Å². The number of esters is 1. The molecule has 1 N–H and O–H groups in total. The third-order valence-electron chi connectivity index (χ3n) is 7.19. The molecule has 1 atom stereocenters. The van der Waals surface area contributed by atoms with Gasteiger partial charge in [0.05, 0.1) is 13.2 Å². The van der Waals surface area contributed by atoms with Crippen LogP contribution in [-0.4, -0.2) is 37.0 Å². The third-order valence-corrected chi connectivity index (χ3v) is 7.19. The summed E-state index contributed by atoms with van der Waals surface area (Å²) in [6.45, 7) is 5.26. The van der Waals surface area contributed by atoms with E-state index in [1.165, 1.54) is 103 Å². The third kappa shape index (κ3) is 31.1. The standard InChI is InChI=1S/C36H66O4/c1-3-5-7-9-11-13-15-17-18-19-20-22-24-26-28-30-32-39-34-35(33-37)40-36(38)31-29-27-25-23-21-16-14-12-10-8-6-4-2/h11-14,17-18,35,37H,3-10,15-16,19-34H2,1-2H3/b13-11-,14-12-,18-17-. The summed E-state index contributed by atoms with van der Waals surface area (Å²) in [4.78, 5) is 12.1. The highest BCUT2D eigenvalue weighted by molar-refractivity contribution is 5.69. The van der Waals surface area contributed by atoms with Crippen molar-refractivity contribution in [3.63, 3.8) is 0 Å². The lowest BCUT2D eigenvalue weighted by Gasteiger charge is -2.15. The monoisotopic (exact) mass is 562 g/mol. The fraction of sp³-hybridized carbons (Fsp3) is 0.806. The molecule has 0 radical (unpaired) electrons. The van der Waals surface area contributed by atoms with Crippen molar-refractivity contribution in [1.29, 1.82) is 0 Å². The van der Waals surface area contributed by atoms with Crippen LogP contribution in [0.4, 0.5) is 0 Å². The van der Waals surface area contributed by atoms with Crippen molar-refractivity contribution in [2.75, 3.05) is 19.8 Å². The highest BCUT2D eigenvalue weighted by Gasteiger charge is 2.13. The largest absolute Gasteiger partial charge is 0.457 e. The van der Waals surface area contributed by atoms with Gasteiger partial charge >= 0.3 is 5.97 Å². The van der Waals surface area contributed by atoms with Crippen LogP contribution in [0.2, 0.25) is 0 Å². The number of ether oxygens (including phenoxy) is 2. The van der Waals surface area contributed by atoms with Crippen molar-refractivity contribution in [1.82, 2.24) is 0 Å². The summed E-state index contributed by atoms with van der Waals surface area (Å²) in [6, 6.07) is 0. The van der Waals surface area contributed by atoms with Crippen LogP contribution in [0.25, 0.3) is 0 Å². The van der Waals surface area contributed by atoms with Gasteiger partial charge in [-0.3, -0.25) is 4.79 Å². The molecule has 0 rings (SSSR count). The van der Waals surface area contributed by atoms with Gasteiger partial charge < -0.3 is 14.6 Å². The van der Waals surface area contributed by atoms with Crippen LogP contribution in [0.15, 0.2) is 36.5 Å². The SMILES string of the molecule is CCCCC/C=C\C/C=C\CCCCCCCCOCC(CO)OC(=O)CCCCCCC/C=C\CCCCC. The Bertz CT molecular complexity index is 596. The zero-order valence-electron chi connectivity index (χ0n) is 26.6. The Labute approximate surface area is 249 Å². The molecule has 234 valence electrons. The van der Waals surface area contributed by atoms with Crippen LogP contribution in [-0.2, 0) is 14.3 Å². The average molecular weight is 563 g/mol. The molecule has 1 unspecified atom stereocenters. The van der Waals surface area contributed by atoms with Gasteiger partial charge in [0.15, 0.2) is 0 Å². The van der Waals surface area contributed by atoms with E-state index in [0.29, 0.717) is 13.0 Å². The van der Waals surface area contributed by atoms with Crippen molar-refractivity contribution in [2.45, 2.75) is 168 Å². The van der Waals surface area contributed by atoms with Crippen molar-refractivity contribution in [3.8, 4) is 0 Å². The Hall–Kier alpha value is -1.39. The molecule has 0 aromatic heterocycles. The number of carbonyl (C=O) groups excluding carboxylic acids is 1. The van der Waals surface area contributed by atoms with E-state index in [2.05, 4.69) is 50.3 Å². The molecule has 40 heavy (non-hydrogen) atoms. The number of carbonyl (C=O) groups is 1. The first-order chi connectivity index (χ1) is 19.7. The predicted octanol–water partition coefficient (Wildman–Crippen LogP) is 10.6. The minimum atomic E-state index is -0.541. The van der Waals surface area contributed by atoms with Crippen LogP contribution in [0, 0.1) is 0 Å². The predicted molar refractivity (Wildman–Crippen MR) is 173 cm³/mol. The Balaban J connectivity index is 3.48. The van der Waals surface area contributed by atoms with Crippen LogP contribution in [0.1, 0.15) is 162 Å². The highest BCUT2D eigenvalue weighted by atomic mass is 16.6. The molecule has 0 spiro atoms. The molecule has 0 heterocycles. The number of rotatable bonds is 31. The first-order valence-electron chi connectivity index (χ1n) is 17.1. The average Bonchev–Trinajstić information content (AvgIpc) is 2.96. The van der Waals surface area contributed by atoms with Gasteiger partial charge in [-0.25, -0.2) is 0 Å². The normalized spacial score (nSPS) is 12.8. The molecule has 4 heteroatoms. The summed E-state index contributed by atoms with van der Waals surface area (Å²) in [6.07, 6.45) is 40.3. The maximum absolute atomic E-state index is 12.1. The lowest BCUT2D eigenvalue weighted by Crippen LogP contribution is -2.27. The molecule has 0 aliphatic rings. The summed E-state index contributed by atoms with van der Waals surface area (Å²) >= 11 is 0. The smallest absolute Gasteiger partial charge is 0.306 e. The van der Waals surface area contributed by atoms with Crippen LogP contribution in [0.3, 0.4) is 0 Å². The first kappa shape index (κ1) is 38.6. The van der Waals surface area contributed by atoms with E-state index in [0.717, 1.165) is 38.5 Å². The van der Waals surface area contributed by atoms with Crippen molar-refractivity contribution < 1.29 is 19.4 Å². The van der Waals surface area contributed by atoms with Gasteiger partial charge in [0.1, 0.15) is 6.10 Å². The molecular formula is C36H66O4. The number of aliphatic hydroxyl groups excluding tert-OH is 1. The maximum Gasteiger partial charge on any atom is 0.306 e. The Morgan fingerprint density at radius 3 is 1.57 bits per heavy atom. The topological polar surface area (TPSA) is 55.8 Å². The summed E-state index contributed by atoms with van der Waals surface area (Å²) in [5.74, 6) is -0.216. The van der Waals surface area contributed by atoms with E-state index < -0.39 is 6.10 Å². The fourth-order valence-electron chi connectivity index (χ4n) is 4.59. The van der Waals surface area contributed by atoms with E-state index in [1.807, 2.05) is 0 Å². The van der Waals surface area contributed by atoms with Crippen LogP contribution >= 0.6 is 0 Å². The minimum Gasteiger partial charge on any atom is -0.457 e. The van der Waals surface area contributed by atoms with Gasteiger partial charge in [-0.1, -0.05) is 121 Å². The van der Waals surface area contributed by atoms with Gasteiger partial charge in [-0.15, -0.1) is 0 Å². The molecule has 0 saturated heterocycles. The first-order valence-corrected chi connectivity index (χ1v) is 17.1. The van der Waals surface area contributed by atoms with E-state index in [4.69, 9.17) is 9.47 Å². The number of hydrogen-bond donors (Lipinski definition) is 1. The molecular weight excluding hydrogens is 496 g/mol. The Kier molecular flexibility index (Phi) is 32.6. The Morgan fingerprint density at radius 1 is 0.600 bits per heavy atom. The molecule has 0 bridgehead atoms. The maximum atomic E-state index is 12.1.